The van der Waals surface area contributed by atoms with Gasteiger partial charge in [-0.3, -0.25) is 9.59 Å². The number of carbonyl (C=O) groups excluding carboxylic acids is 1. The van der Waals surface area contributed by atoms with Gasteiger partial charge >= 0.3 is 5.97 Å². The van der Waals surface area contributed by atoms with Gasteiger partial charge in [-0.1, -0.05) is 30.3 Å². The molecule has 0 saturated carbocycles. The van der Waals surface area contributed by atoms with Crippen LogP contribution in [0.3, 0.4) is 0 Å². The summed E-state index contributed by atoms with van der Waals surface area (Å²) < 4.78 is 0. The van der Waals surface area contributed by atoms with Crippen molar-refractivity contribution < 1.29 is 19.8 Å². The zero-order valence-corrected chi connectivity index (χ0v) is 11.2. The van der Waals surface area contributed by atoms with Crippen LogP contribution >= 0.6 is 0 Å². The van der Waals surface area contributed by atoms with Crippen molar-refractivity contribution in [3.05, 3.63) is 35.9 Å². The predicted molar refractivity (Wildman–Crippen MR) is 73.0 cm³/mol. The Kier molecular flexibility index (Phi) is 4.74. The monoisotopic (exact) mass is 277 g/mol. The van der Waals surface area contributed by atoms with Crippen LogP contribution in [-0.4, -0.2) is 40.1 Å². The molecule has 1 fully saturated rings. The van der Waals surface area contributed by atoms with Crippen LogP contribution in [0.15, 0.2) is 30.3 Å². The zero-order valence-electron chi connectivity index (χ0n) is 11.2. The van der Waals surface area contributed by atoms with Crippen LogP contribution in [0.25, 0.3) is 0 Å². The number of nitrogens with zero attached hydrogens (tertiary/aromatic N) is 1. The topological polar surface area (TPSA) is 77.8 Å². The summed E-state index contributed by atoms with van der Waals surface area (Å²) >= 11 is 0. The van der Waals surface area contributed by atoms with E-state index < -0.39 is 12.1 Å². The number of rotatable bonds is 4. The van der Waals surface area contributed by atoms with Crippen molar-refractivity contribution in [2.75, 3.05) is 13.1 Å². The highest BCUT2D eigenvalue weighted by atomic mass is 16.4. The Balaban J connectivity index is 1.99. The number of piperidine rings is 1. The maximum Gasteiger partial charge on any atom is 0.303 e. The molecule has 0 radical (unpaired) electrons. The summed E-state index contributed by atoms with van der Waals surface area (Å²) in [5, 5.41) is 18.9. The first-order chi connectivity index (χ1) is 9.58. The first-order valence-electron chi connectivity index (χ1n) is 6.81. The molecule has 2 N–H and O–H groups in total. The lowest BCUT2D eigenvalue weighted by molar-refractivity contribution is -0.145. The van der Waals surface area contributed by atoms with Crippen molar-refractivity contribution in [3.63, 3.8) is 0 Å². The smallest absolute Gasteiger partial charge is 0.303 e. The van der Waals surface area contributed by atoms with Crippen LogP contribution in [0.1, 0.15) is 30.9 Å². The number of aliphatic hydroxyl groups is 1. The molecule has 20 heavy (non-hydrogen) atoms. The van der Waals surface area contributed by atoms with E-state index in [0.29, 0.717) is 18.7 Å². The van der Waals surface area contributed by atoms with Gasteiger partial charge in [0.05, 0.1) is 0 Å². The third-order valence-electron chi connectivity index (χ3n) is 3.64. The van der Waals surface area contributed by atoms with E-state index >= 15 is 0 Å². The molecule has 1 saturated heterocycles. The van der Waals surface area contributed by atoms with E-state index in [1.165, 1.54) is 0 Å². The number of aliphatic carboxylic acids is 1. The summed E-state index contributed by atoms with van der Waals surface area (Å²) in [5.74, 6) is -1.20. The molecule has 1 aliphatic rings. The van der Waals surface area contributed by atoms with Gasteiger partial charge in [-0.05, 0) is 24.3 Å². The highest BCUT2D eigenvalue weighted by molar-refractivity contribution is 5.82. The summed E-state index contributed by atoms with van der Waals surface area (Å²) in [6.45, 7) is 0.994. The first kappa shape index (κ1) is 14.5. The molecule has 1 aromatic carbocycles. The van der Waals surface area contributed by atoms with E-state index in [1.54, 1.807) is 29.2 Å². The SMILES string of the molecule is O=C(O)CC1CCCN(C(=O)C(O)c2ccccc2)C1. The molecule has 108 valence electrons. The summed E-state index contributed by atoms with van der Waals surface area (Å²) in [4.78, 5) is 24.6. The minimum absolute atomic E-state index is 0.0202. The van der Waals surface area contributed by atoms with E-state index in [0.717, 1.165) is 12.8 Å². The van der Waals surface area contributed by atoms with Crippen molar-refractivity contribution in [1.82, 2.24) is 4.90 Å². The molecule has 1 amide bonds. The number of carboxylic acids is 1. The number of carbonyl (C=O) groups is 2. The fourth-order valence-electron chi connectivity index (χ4n) is 2.63. The van der Waals surface area contributed by atoms with Gasteiger partial charge in [0.1, 0.15) is 0 Å². The summed E-state index contributed by atoms with van der Waals surface area (Å²) in [7, 11) is 0. The minimum atomic E-state index is -1.17. The lowest BCUT2D eigenvalue weighted by atomic mass is 9.94. The Morgan fingerprint density at radius 2 is 2.00 bits per heavy atom. The van der Waals surface area contributed by atoms with Crippen LogP contribution in [0.2, 0.25) is 0 Å². The standard InChI is InChI=1S/C15H19NO4/c17-13(18)9-11-5-4-8-16(10-11)15(20)14(19)12-6-2-1-3-7-12/h1-3,6-7,11,14,19H,4-5,8-10H2,(H,17,18). The van der Waals surface area contributed by atoms with Gasteiger partial charge in [0.25, 0.3) is 5.91 Å². The zero-order chi connectivity index (χ0) is 14.5. The molecule has 2 rings (SSSR count). The molecule has 5 heteroatoms. The molecule has 2 unspecified atom stereocenters. The van der Waals surface area contributed by atoms with Gasteiger partial charge in [-0.25, -0.2) is 0 Å². The quantitative estimate of drug-likeness (QED) is 0.872. The average Bonchev–Trinajstić information content (AvgIpc) is 2.46. The van der Waals surface area contributed by atoms with Gasteiger partial charge in [-0.15, -0.1) is 0 Å². The Labute approximate surface area is 117 Å². The molecule has 0 aliphatic carbocycles. The number of likely N-dealkylation sites (tertiary alicyclic amines) is 1. The Morgan fingerprint density at radius 3 is 2.65 bits per heavy atom. The maximum absolute atomic E-state index is 12.3. The third-order valence-corrected chi connectivity index (χ3v) is 3.64. The molecule has 1 aliphatic heterocycles. The average molecular weight is 277 g/mol. The van der Waals surface area contributed by atoms with Crippen LogP contribution in [-0.2, 0) is 9.59 Å². The maximum atomic E-state index is 12.3. The largest absolute Gasteiger partial charge is 0.481 e. The van der Waals surface area contributed by atoms with Gasteiger partial charge in [0, 0.05) is 19.5 Å². The summed E-state index contributed by atoms with van der Waals surface area (Å²) in [6, 6.07) is 8.79. The molecule has 1 heterocycles. The van der Waals surface area contributed by atoms with Crippen molar-refractivity contribution in [2.24, 2.45) is 5.92 Å². The van der Waals surface area contributed by atoms with Gasteiger partial charge < -0.3 is 15.1 Å². The van der Waals surface area contributed by atoms with Crippen LogP contribution in [0.5, 0.6) is 0 Å². The lowest BCUT2D eigenvalue weighted by Crippen LogP contribution is -2.42. The van der Waals surface area contributed by atoms with Crippen molar-refractivity contribution in [2.45, 2.75) is 25.4 Å². The summed E-state index contributed by atoms with van der Waals surface area (Å²) in [5.41, 5.74) is 0.567. The van der Waals surface area contributed by atoms with E-state index in [-0.39, 0.29) is 18.2 Å². The Bertz CT molecular complexity index is 474. The lowest BCUT2D eigenvalue weighted by Gasteiger charge is -2.33. The number of hydrogen-bond acceptors (Lipinski definition) is 3. The number of carboxylic acid groups (broad SMARTS) is 1. The van der Waals surface area contributed by atoms with Gasteiger partial charge in [-0.2, -0.15) is 0 Å². The van der Waals surface area contributed by atoms with E-state index in [4.69, 9.17) is 5.11 Å². The molecular formula is C15H19NO4. The molecule has 0 spiro atoms. The summed E-state index contributed by atoms with van der Waals surface area (Å²) in [6.07, 6.45) is 0.508. The fourth-order valence-corrected chi connectivity index (χ4v) is 2.63. The van der Waals surface area contributed by atoms with Crippen molar-refractivity contribution in [3.8, 4) is 0 Å². The number of benzene rings is 1. The third kappa shape index (κ3) is 3.57. The second kappa shape index (κ2) is 6.52. The van der Waals surface area contributed by atoms with E-state index in [1.807, 2.05) is 6.07 Å². The Hall–Kier alpha value is -1.88. The minimum Gasteiger partial charge on any atom is -0.481 e. The van der Waals surface area contributed by atoms with Crippen LogP contribution in [0.4, 0.5) is 0 Å². The van der Waals surface area contributed by atoms with Crippen molar-refractivity contribution >= 4 is 11.9 Å². The van der Waals surface area contributed by atoms with Crippen molar-refractivity contribution in [1.29, 1.82) is 0 Å². The number of amides is 1. The molecule has 0 aromatic heterocycles. The van der Waals surface area contributed by atoms with Crippen LogP contribution in [0, 0.1) is 5.92 Å². The van der Waals surface area contributed by atoms with Gasteiger partial charge in [0.15, 0.2) is 6.10 Å². The molecule has 2 atom stereocenters. The molecule has 1 aromatic rings. The number of hydrogen-bond donors (Lipinski definition) is 2. The second-order valence-corrected chi connectivity index (χ2v) is 5.20. The van der Waals surface area contributed by atoms with Crippen LogP contribution < -0.4 is 0 Å². The molecular weight excluding hydrogens is 258 g/mol. The normalized spacial score (nSPS) is 20.4. The predicted octanol–water partition coefficient (Wildman–Crippen LogP) is 1.43. The highest BCUT2D eigenvalue weighted by Crippen LogP contribution is 2.23. The highest BCUT2D eigenvalue weighted by Gasteiger charge is 2.29. The van der Waals surface area contributed by atoms with E-state index in [9.17, 15) is 14.7 Å². The van der Waals surface area contributed by atoms with E-state index in [2.05, 4.69) is 0 Å². The molecule has 5 nitrogen and oxygen atoms in total. The number of aliphatic hydroxyl groups excluding tert-OH is 1. The van der Waals surface area contributed by atoms with Gasteiger partial charge in [0.2, 0.25) is 0 Å². The second-order valence-electron chi connectivity index (χ2n) is 5.20. The molecule has 0 bridgehead atoms. The first-order valence-corrected chi connectivity index (χ1v) is 6.81. The Morgan fingerprint density at radius 1 is 1.30 bits per heavy atom. The fraction of sp³-hybridized carbons (Fsp3) is 0.467.